The summed E-state index contributed by atoms with van der Waals surface area (Å²) in [5, 5.41) is 26.0. The Morgan fingerprint density at radius 1 is 1.47 bits per heavy atom. The molecule has 2 aromatic rings. The van der Waals surface area contributed by atoms with Crippen molar-refractivity contribution in [1.82, 2.24) is 5.16 Å². The molecule has 0 aliphatic heterocycles. The maximum Gasteiger partial charge on any atom is 0.277 e. The van der Waals surface area contributed by atoms with Crippen LogP contribution in [0.15, 0.2) is 28.8 Å². The molecule has 1 heterocycles. The number of aromatic nitrogens is 1. The van der Waals surface area contributed by atoms with E-state index in [4.69, 9.17) is 4.52 Å². The molecule has 1 aromatic carbocycles. The Morgan fingerprint density at radius 2 is 2.21 bits per heavy atom. The molecule has 0 radical (unpaired) electrons. The predicted molar refractivity (Wildman–Crippen MR) is 64.0 cm³/mol. The molecule has 0 bridgehead atoms. The molecule has 98 valence electrons. The van der Waals surface area contributed by atoms with E-state index in [2.05, 4.69) is 10.5 Å². The maximum absolute atomic E-state index is 11.7. The molecule has 0 spiro atoms. The van der Waals surface area contributed by atoms with E-state index in [0.29, 0.717) is 5.76 Å². The van der Waals surface area contributed by atoms with Gasteiger partial charge in [-0.1, -0.05) is 5.16 Å². The van der Waals surface area contributed by atoms with E-state index >= 15 is 0 Å². The lowest BCUT2D eigenvalue weighted by Crippen LogP contribution is -2.12. The van der Waals surface area contributed by atoms with Crippen LogP contribution >= 0.6 is 0 Å². The van der Waals surface area contributed by atoms with Gasteiger partial charge in [0.05, 0.1) is 10.6 Å². The van der Waals surface area contributed by atoms with Gasteiger partial charge in [0, 0.05) is 18.2 Å². The van der Waals surface area contributed by atoms with Crippen molar-refractivity contribution in [1.29, 1.82) is 0 Å². The second-order valence-corrected chi connectivity index (χ2v) is 3.74. The lowest BCUT2D eigenvalue weighted by molar-refractivity contribution is -0.384. The Balaban J connectivity index is 2.25. The maximum atomic E-state index is 11.7. The lowest BCUT2D eigenvalue weighted by Gasteiger charge is -2.05. The number of amides is 1. The summed E-state index contributed by atoms with van der Waals surface area (Å²) in [7, 11) is 0. The largest absolute Gasteiger partial charge is 0.506 e. The first kappa shape index (κ1) is 12.6. The third kappa shape index (κ3) is 2.68. The minimum Gasteiger partial charge on any atom is -0.506 e. The number of nitro groups is 1. The summed E-state index contributed by atoms with van der Waals surface area (Å²) in [5.74, 6) is -0.458. The molecule has 2 rings (SSSR count). The summed E-state index contributed by atoms with van der Waals surface area (Å²) in [6.07, 6.45) is 0. The normalized spacial score (nSPS) is 10.2. The fourth-order valence-corrected chi connectivity index (χ4v) is 1.40. The number of carbonyl (C=O) groups excluding carboxylic acids is 1. The summed E-state index contributed by atoms with van der Waals surface area (Å²) in [6, 6.07) is 4.72. The smallest absolute Gasteiger partial charge is 0.277 e. The number of phenols is 1. The molecule has 8 heteroatoms. The first-order valence-corrected chi connectivity index (χ1v) is 5.19. The van der Waals surface area contributed by atoms with Crippen LogP contribution in [0, 0.1) is 17.0 Å². The van der Waals surface area contributed by atoms with Crippen LogP contribution in [0.2, 0.25) is 0 Å². The quantitative estimate of drug-likeness (QED) is 0.495. The summed E-state index contributed by atoms with van der Waals surface area (Å²) in [4.78, 5) is 21.7. The fraction of sp³-hybridized carbons (Fsp3) is 0.0909. The van der Waals surface area contributed by atoms with Crippen molar-refractivity contribution in [2.45, 2.75) is 6.92 Å². The molecular weight excluding hydrogens is 254 g/mol. The number of non-ortho nitro benzene ring substituents is 1. The third-order valence-electron chi connectivity index (χ3n) is 2.30. The summed E-state index contributed by atoms with van der Waals surface area (Å²) < 4.78 is 4.73. The van der Waals surface area contributed by atoms with Gasteiger partial charge in [-0.05, 0) is 13.0 Å². The second-order valence-electron chi connectivity index (χ2n) is 3.74. The molecular formula is C11H9N3O5. The highest BCUT2D eigenvalue weighted by Crippen LogP contribution is 2.28. The number of nitrogens with one attached hydrogen (secondary N) is 1. The molecule has 0 saturated heterocycles. The van der Waals surface area contributed by atoms with E-state index < -0.39 is 10.8 Å². The molecule has 19 heavy (non-hydrogen) atoms. The monoisotopic (exact) mass is 263 g/mol. The van der Waals surface area contributed by atoms with Crippen LogP contribution in [0.1, 0.15) is 16.2 Å². The topological polar surface area (TPSA) is 118 Å². The van der Waals surface area contributed by atoms with Crippen LogP contribution in [0.3, 0.4) is 0 Å². The van der Waals surface area contributed by atoms with Gasteiger partial charge >= 0.3 is 0 Å². The highest BCUT2D eigenvalue weighted by Gasteiger charge is 2.15. The number of carbonyl (C=O) groups is 1. The molecule has 1 amide bonds. The van der Waals surface area contributed by atoms with E-state index in [1.807, 2.05) is 0 Å². The standard InChI is InChI=1S/C11H9N3O5/c1-6-4-9(13-19-6)11(16)12-8-5-7(14(17)18)2-3-10(8)15/h2-5,15H,1H3,(H,12,16). The Kier molecular flexibility index (Phi) is 3.15. The van der Waals surface area contributed by atoms with Crippen molar-refractivity contribution in [2.24, 2.45) is 0 Å². The second kappa shape index (κ2) is 4.77. The number of aryl methyl sites for hydroxylation is 1. The Morgan fingerprint density at radius 3 is 2.79 bits per heavy atom. The average molecular weight is 263 g/mol. The number of anilines is 1. The lowest BCUT2D eigenvalue weighted by atomic mass is 10.2. The molecule has 0 aliphatic carbocycles. The van der Waals surface area contributed by atoms with Gasteiger partial charge in [0.1, 0.15) is 11.5 Å². The molecule has 0 atom stereocenters. The number of benzene rings is 1. The van der Waals surface area contributed by atoms with Crippen molar-refractivity contribution in [3.8, 4) is 5.75 Å². The van der Waals surface area contributed by atoms with Crippen molar-refractivity contribution < 1.29 is 19.3 Å². The van der Waals surface area contributed by atoms with Crippen LogP contribution in [-0.4, -0.2) is 21.1 Å². The van der Waals surface area contributed by atoms with Crippen molar-refractivity contribution in [3.05, 3.63) is 45.8 Å². The van der Waals surface area contributed by atoms with Crippen LogP contribution in [-0.2, 0) is 0 Å². The van der Waals surface area contributed by atoms with Gasteiger partial charge in [-0.25, -0.2) is 0 Å². The number of hydrogen-bond donors (Lipinski definition) is 2. The zero-order valence-corrected chi connectivity index (χ0v) is 9.78. The molecule has 0 fully saturated rings. The molecule has 0 aliphatic rings. The minimum atomic E-state index is -0.632. The molecule has 0 unspecified atom stereocenters. The van der Waals surface area contributed by atoms with Crippen LogP contribution in [0.25, 0.3) is 0 Å². The van der Waals surface area contributed by atoms with Crippen molar-refractivity contribution in [3.63, 3.8) is 0 Å². The van der Waals surface area contributed by atoms with Gasteiger partial charge in [-0.3, -0.25) is 14.9 Å². The summed E-state index contributed by atoms with van der Waals surface area (Å²) in [5.41, 5.74) is -0.298. The molecule has 2 N–H and O–H groups in total. The van der Waals surface area contributed by atoms with E-state index in [1.54, 1.807) is 6.92 Å². The summed E-state index contributed by atoms with van der Waals surface area (Å²) in [6.45, 7) is 1.62. The van der Waals surface area contributed by atoms with Gasteiger partial charge in [0.25, 0.3) is 11.6 Å². The van der Waals surface area contributed by atoms with Gasteiger partial charge in [0.2, 0.25) is 0 Å². The SMILES string of the molecule is Cc1cc(C(=O)Nc2cc([N+](=O)[O-])ccc2O)no1. The number of nitro benzene ring substituents is 1. The van der Waals surface area contributed by atoms with Crippen LogP contribution < -0.4 is 5.32 Å². The van der Waals surface area contributed by atoms with Gasteiger partial charge in [-0.15, -0.1) is 0 Å². The van der Waals surface area contributed by atoms with Crippen molar-refractivity contribution >= 4 is 17.3 Å². The number of aromatic hydroxyl groups is 1. The highest BCUT2D eigenvalue weighted by atomic mass is 16.6. The van der Waals surface area contributed by atoms with Gasteiger partial charge in [-0.2, -0.15) is 0 Å². The first-order chi connectivity index (χ1) is 8.97. The first-order valence-electron chi connectivity index (χ1n) is 5.19. The highest BCUT2D eigenvalue weighted by molar-refractivity contribution is 6.03. The zero-order chi connectivity index (χ0) is 14.0. The molecule has 8 nitrogen and oxygen atoms in total. The Bertz CT molecular complexity index is 650. The fourth-order valence-electron chi connectivity index (χ4n) is 1.40. The van der Waals surface area contributed by atoms with Crippen LogP contribution in [0.4, 0.5) is 11.4 Å². The van der Waals surface area contributed by atoms with Crippen LogP contribution in [0.5, 0.6) is 5.75 Å². The zero-order valence-electron chi connectivity index (χ0n) is 9.78. The molecule has 0 saturated carbocycles. The Labute approximate surface area is 106 Å². The van der Waals surface area contributed by atoms with Crippen molar-refractivity contribution in [2.75, 3.05) is 5.32 Å². The number of hydrogen-bond acceptors (Lipinski definition) is 6. The van der Waals surface area contributed by atoms with E-state index in [9.17, 15) is 20.0 Å². The van der Waals surface area contributed by atoms with E-state index in [1.165, 1.54) is 6.07 Å². The average Bonchev–Trinajstić information content (AvgIpc) is 2.78. The third-order valence-corrected chi connectivity index (χ3v) is 2.30. The number of phenolic OH excluding ortho intramolecular Hbond substituents is 1. The summed E-state index contributed by atoms with van der Waals surface area (Å²) >= 11 is 0. The van der Waals surface area contributed by atoms with E-state index in [-0.39, 0.29) is 22.8 Å². The predicted octanol–water partition coefficient (Wildman–Crippen LogP) is 1.85. The Hall–Kier alpha value is -2.90. The van der Waals surface area contributed by atoms with Gasteiger partial charge < -0.3 is 14.9 Å². The van der Waals surface area contributed by atoms with Gasteiger partial charge in [0.15, 0.2) is 5.69 Å². The number of rotatable bonds is 3. The van der Waals surface area contributed by atoms with E-state index in [0.717, 1.165) is 18.2 Å². The molecule has 1 aromatic heterocycles. The number of nitrogens with zero attached hydrogens (tertiary/aromatic N) is 2. The minimum absolute atomic E-state index is 0.0170.